The van der Waals surface area contributed by atoms with E-state index in [0.717, 1.165) is 0 Å². The lowest BCUT2D eigenvalue weighted by molar-refractivity contribution is 0.145. The summed E-state index contributed by atoms with van der Waals surface area (Å²) in [6.45, 7) is 1.68. The monoisotopic (exact) mass is 225 g/mol. The van der Waals surface area contributed by atoms with E-state index < -0.39 is 6.43 Å². The molecular weight excluding hydrogens is 219 g/mol. The maximum absolute atomic E-state index is 12.4. The van der Waals surface area contributed by atoms with Gasteiger partial charge in [-0.1, -0.05) is 11.6 Å². The molecule has 0 unspecified atom stereocenters. The molecule has 0 aromatic carbocycles. The molecule has 0 amide bonds. The molecule has 0 aliphatic rings. The zero-order chi connectivity index (χ0) is 10.0. The maximum Gasteiger partial charge on any atom is 0.280 e. The first kappa shape index (κ1) is 10.7. The molecule has 1 aromatic heterocycles. The largest absolute Gasteiger partial charge is 0.280 e. The molecule has 0 saturated carbocycles. The van der Waals surface area contributed by atoms with Crippen molar-refractivity contribution in [2.24, 2.45) is 0 Å². The van der Waals surface area contributed by atoms with Crippen LogP contribution in [0.1, 0.15) is 23.2 Å². The second-order valence-corrected chi connectivity index (χ2v) is 3.21. The lowest BCUT2D eigenvalue weighted by Gasteiger charge is -2.08. The number of alkyl halides is 3. The SMILES string of the molecule is Cc1cc(Cl)nc(C(F)F)c1CCl. The van der Waals surface area contributed by atoms with Crippen LogP contribution in [0.25, 0.3) is 0 Å². The van der Waals surface area contributed by atoms with Gasteiger partial charge in [0, 0.05) is 5.88 Å². The number of nitrogens with zero attached hydrogens (tertiary/aromatic N) is 1. The lowest BCUT2D eigenvalue weighted by Crippen LogP contribution is -1.99. The van der Waals surface area contributed by atoms with Gasteiger partial charge in [-0.25, -0.2) is 13.8 Å². The third kappa shape index (κ3) is 2.29. The van der Waals surface area contributed by atoms with Gasteiger partial charge in [0.05, 0.1) is 0 Å². The third-order valence-corrected chi connectivity index (χ3v) is 2.15. The zero-order valence-corrected chi connectivity index (χ0v) is 8.33. The Balaban J connectivity index is 3.29. The van der Waals surface area contributed by atoms with Crippen LogP contribution in [0.4, 0.5) is 8.78 Å². The summed E-state index contributed by atoms with van der Waals surface area (Å²) in [5, 5.41) is 0.0710. The molecule has 0 spiro atoms. The van der Waals surface area contributed by atoms with Gasteiger partial charge in [0.2, 0.25) is 0 Å². The number of pyridine rings is 1. The topological polar surface area (TPSA) is 12.9 Å². The number of halogens is 4. The van der Waals surface area contributed by atoms with Crippen molar-refractivity contribution >= 4 is 23.2 Å². The van der Waals surface area contributed by atoms with Gasteiger partial charge < -0.3 is 0 Å². The molecule has 5 heteroatoms. The van der Waals surface area contributed by atoms with E-state index in [1.165, 1.54) is 6.07 Å². The van der Waals surface area contributed by atoms with Crippen LogP contribution < -0.4 is 0 Å². The second kappa shape index (κ2) is 4.20. The second-order valence-electron chi connectivity index (χ2n) is 2.56. The molecule has 1 heterocycles. The molecule has 72 valence electrons. The van der Waals surface area contributed by atoms with Gasteiger partial charge in [-0.2, -0.15) is 0 Å². The summed E-state index contributed by atoms with van der Waals surface area (Å²) >= 11 is 11.1. The summed E-state index contributed by atoms with van der Waals surface area (Å²) in [4.78, 5) is 3.54. The zero-order valence-electron chi connectivity index (χ0n) is 6.82. The van der Waals surface area contributed by atoms with Crippen LogP contribution in [0.2, 0.25) is 5.15 Å². The van der Waals surface area contributed by atoms with Crippen molar-refractivity contribution in [1.29, 1.82) is 0 Å². The summed E-state index contributed by atoms with van der Waals surface area (Å²) in [7, 11) is 0. The molecule has 13 heavy (non-hydrogen) atoms. The van der Waals surface area contributed by atoms with Crippen LogP contribution >= 0.6 is 23.2 Å². The van der Waals surface area contributed by atoms with Crippen molar-refractivity contribution in [3.05, 3.63) is 28.0 Å². The van der Waals surface area contributed by atoms with Gasteiger partial charge in [0.25, 0.3) is 6.43 Å². The Kier molecular flexibility index (Phi) is 3.45. The van der Waals surface area contributed by atoms with Crippen molar-refractivity contribution in [2.45, 2.75) is 19.2 Å². The predicted octanol–water partition coefficient (Wildman–Crippen LogP) is 3.72. The lowest BCUT2D eigenvalue weighted by atomic mass is 10.1. The minimum Gasteiger partial charge on any atom is -0.235 e. The van der Waals surface area contributed by atoms with Gasteiger partial charge in [0.15, 0.2) is 0 Å². The van der Waals surface area contributed by atoms with E-state index in [4.69, 9.17) is 23.2 Å². The average molecular weight is 226 g/mol. The van der Waals surface area contributed by atoms with Gasteiger partial charge in [-0.15, -0.1) is 11.6 Å². The summed E-state index contributed by atoms with van der Waals surface area (Å²) in [6.07, 6.45) is -2.63. The van der Waals surface area contributed by atoms with Crippen LogP contribution in [0.15, 0.2) is 6.07 Å². The molecule has 1 nitrogen and oxygen atoms in total. The molecule has 0 aliphatic heterocycles. The molecule has 1 aromatic rings. The summed E-state index contributed by atoms with van der Waals surface area (Å²) < 4.78 is 24.8. The highest BCUT2D eigenvalue weighted by atomic mass is 35.5. The van der Waals surface area contributed by atoms with Crippen molar-refractivity contribution in [1.82, 2.24) is 4.98 Å². The first-order chi connectivity index (χ1) is 6.06. The minimum absolute atomic E-state index is 0.0235. The number of rotatable bonds is 2. The first-order valence-electron chi connectivity index (χ1n) is 3.56. The minimum atomic E-state index is -2.63. The van der Waals surface area contributed by atoms with E-state index in [9.17, 15) is 8.78 Å². The van der Waals surface area contributed by atoms with E-state index >= 15 is 0 Å². The Morgan fingerprint density at radius 1 is 1.54 bits per heavy atom. The van der Waals surface area contributed by atoms with Gasteiger partial charge in [-0.05, 0) is 24.1 Å². The van der Waals surface area contributed by atoms with E-state index in [1.54, 1.807) is 6.92 Å². The number of aryl methyl sites for hydroxylation is 1. The summed E-state index contributed by atoms with van der Waals surface area (Å²) in [5.41, 5.74) is 0.686. The highest BCUT2D eigenvalue weighted by Crippen LogP contribution is 2.26. The average Bonchev–Trinajstić information content (AvgIpc) is 2.02. The maximum atomic E-state index is 12.4. The number of aromatic nitrogens is 1. The van der Waals surface area contributed by atoms with Crippen LogP contribution in [0.3, 0.4) is 0 Å². The molecule has 0 fully saturated rings. The fourth-order valence-corrected chi connectivity index (χ4v) is 1.64. The Bertz CT molecular complexity index is 315. The third-order valence-electron chi connectivity index (χ3n) is 1.69. The molecule has 0 radical (unpaired) electrons. The fraction of sp³-hybridized carbons (Fsp3) is 0.375. The molecule has 0 N–H and O–H groups in total. The van der Waals surface area contributed by atoms with Crippen LogP contribution in [-0.4, -0.2) is 4.98 Å². The van der Waals surface area contributed by atoms with Gasteiger partial charge in [0.1, 0.15) is 10.8 Å². The molecule has 0 bridgehead atoms. The number of hydrogen-bond donors (Lipinski definition) is 0. The normalized spacial score (nSPS) is 10.9. The molecule has 0 saturated heterocycles. The highest BCUT2D eigenvalue weighted by molar-refractivity contribution is 6.29. The van der Waals surface area contributed by atoms with E-state index in [0.29, 0.717) is 11.1 Å². The Morgan fingerprint density at radius 2 is 2.15 bits per heavy atom. The summed E-state index contributed by atoms with van der Waals surface area (Å²) in [5.74, 6) is 0.0235. The van der Waals surface area contributed by atoms with E-state index in [-0.39, 0.29) is 16.7 Å². The van der Waals surface area contributed by atoms with Crippen molar-refractivity contribution < 1.29 is 8.78 Å². The van der Waals surface area contributed by atoms with E-state index in [2.05, 4.69) is 4.98 Å². The predicted molar refractivity (Wildman–Crippen MR) is 48.5 cm³/mol. The highest BCUT2D eigenvalue weighted by Gasteiger charge is 2.16. The Hall–Kier alpha value is -0.410. The number of hydrogen-bond acceptors (Lipinski definition) is 1. The van der Waals surface area contributed by atoms with E-state index in [1.807, 2.05) is 0 Å². The van der Waals surface area contributed by atoms with Crippen LogP contribution in [0, 0.1) is 6.92 Å². The summed E-state index contributed by atoms with van der Waals surface area (Å²) in [6, 6.07) is 1.52. The molecular formula is C8H7Cl2F2N. The Morgan fingerprint density at radius 3 is 2.62 bits per heavy atom. The van der Waals surface area contributed by atoms with Gasteiger partial charge in [-0.3, -0.25) is 0 Å². The molecule has 0 aliphatic carbocycles. The van der Waals surface area contributed by atoms with Crippen LogP contribution in [0.5, 0.6) is 0 Å². The Labute approximate surface area is 84.7 Å². The van der Waals surface area contributed by atoms with Crippen LogP contribution in [-0.2, 0) is 5.88 Å². The fourth-order valence-electron chi connectivity index (χ4n) is 1.04. The van der Waals surface area contributed by atoms with Gasteiger partial charge >= 0.3 is 0 Å². The molecule has 0 atom stereocenters. The first-order valence-corrected chi connectivity index (χ1v) is 4.47. The van der Waals surface area contributed by atoms with Crippen molar-refractivity contribution in [3.8, 4) is 0 Å². The smallest absolute Gasteiger partial charge is 0.235 e. The molecule has 1 rings (SSSR count). The van der Waals surface area contributed by atoms with Crippen molar-refractivity contribution in [2.75, 3.05) is 0 Å². The van der Waals surface area contributed by atoms with Crippen molar-refractivity contribution in [3.63, 3.8) is 0 Å². The quantitative estimate of drug-likeness (QED) is 0.553. The standard InChI is InChI=1S/C8H7Cl2F2N/c1-4-2-6(10)13-7(8(11)12)5(4)3-9/h2,8H,3H2,1H3.